The summed E-state index contributed by atoms with van der Waals surface area (Å²) < 4.78 is 55.1. The Kier molecular flexibility index (Phi) is 9.15. The molecule has 1 aromatic carbocycles. The van der Waals surface area contributed by atoms with Gasteiger partial charge in [-0.25, -0.2) is 14.6 Å². The largest absolute Gasteiger partial charge is 0.573 e. The van der Waals surface area contributed by atoms with Crippen molar-refractivity contribution in [2.75, 3.05) is 25.5 Å². The number of halogens is 3. The van der Waals surface area contributed by atoms with Crippen LogP contribution in [-0.2, 0) is 9.47 Å². The Bertz CT molecular complexity index is 1600. The summed E-state index contributed by atoms with van der Waals surface area (Å²) in [6.45, 7) is 5.46. The number of imidazole rings is 1. The van der Waals surface area contributed by atoms with Crippen LogP contribution in [0.4, 0.5) is 23.7 Å². The number of hydrogen-bond acceptors (Lipinski definition) is 7. The molecule has 2 fully saturated rings. The highest BCUT2D eigenvalue weighted by Gasteiger charge is 2.33. The number of hydrogen-bond donors (Lipinski definition) is 2. The number of carbonyl (C=O) groups is 2. The van der Waals surface area contributed by atoms with Crippen molar-refractivity contribution in [2.24, 2.45) is 0 Å². The van der Waals surface area contributed by atoms with Gasteiger partial charge in [-0.05, 0) is 89.0 Å². The van der Waals surface area contributed by atoms with Gasteiger partial charge in [-0.15, -0.1) is 13.2 Å². The number of benzene rings is 1. The van der Waals surface area contributed by atoms with Gasteiger partial charge in [0.1, 0.15) is 11.4 Å². The van der Waals surface area contributed by atoms with Gasteiger partial charge in [0.25, 0.3) is 5.91 Å². The Balaban J connectivity index is 1.32. The molecule has 2 N–H and O–H groups in total. The topological polar surface area (TPSA) is 128 Å². The third-order valence-electron chi connectivity index (χ3n) is 8.28. The van der Waals surface area contributed by atoms with Gasteiger partial charge in [0, 0.05) is 38.5 Å². The van der Waals surface area contributed by atoms with E-state index in [1.165, 1.54) is 6.07 Å². The molecular weight excluding hydrogens is 595 g/mol. The van der Waals surface area contributed by atoms with Crippen LogP contribution in [0.2, 0.25) is 0 Å². The summed E-state index contributed by atoms with van der Waals surface area (Å²) in [7, 11) is 1.74. The third-order valence-corrected chi connectivity index (χ3v) is 8.28. The van der Waals surface area contributed by atoms with E-state index in [1.54, 1.807) is 37.3 Å². The van der Waals surface area contributed by atoms with Gasteiger partial charge in [0.2, 0.25) is 0 Å². The summed E-state index contributed by atoms with van der Waals surface area (Å²) in [6.07, 6.45) is 1.04. The molecule has 11 nitrogen and oxygen atoms in total. The van der Waals surface area contributed by atoms with Gasteiger partial charge in [-0.3, -0.25) is 19.7 Å². The fourth-order valence-electron chi connectivity index (χ4n) is 6.16. The Morgan fingerprint density at radius 1 is 1.02 bits per heavy atom. The number of ether oxygens (including phenoxy) is 3. The normalized spacial score (nSPS) is 19.8. The summed E-state index contributed by atoms with van der Waals surface area (Å²) >= 11 is 0. The van der Waals surface area contributed by atoms with Crippen molar-refractivity contribution in [1.82, 2.24) is 19.4 Å². The van der Waals surface area contributed by atoms with Gasteiger partial charge in [0.05, 0.1) is 22.9 Å². The van der Waals surface area contributed by atoms with Crippen LogP contribution < -0.4 is 15.7 Å². The third kappa shape index (κ3) is 7.78. The first-order valence-corrected chi connectivity index (χ1v) is 15.0. The molecule has 0 atom stereocenters. The molecule has 3 heterocycles. The Hall–Kier alpha value is -4.07. The number of rotatable bonds is 6. The summed E-state index contributed by atoms with van der Waals surface area (Å²) in [5, 5.41) is 2.39. The first-order chi connectivity index (χ1) is 21.2. The van der Waals surface area contributed by atoms with Gasteiger partial charge < -0.3 is 19.1 Å². The van der Waals surface area contributed by atoms with Crippen molar-refractivity contribution >= 4 is 28.9 Å². The van der Waals surface area contributed by atoms with Crippen LogP contribution in [-0.4, -0.2) is 69.7 Å². The Labute approximate surface area is 258 Å². The van der Waals surface area contributed by atoms with E-state index in [4.69, 9.17) is 9.47 Å². The number of likely N-dealkylation sites (tertiary alicyclic amines) is 1. The van der Waals surface area contributed by atoms with Gasteiger partial charge >= 0.3 is 18.1 Å². The number of aromatic amines is 1. The second-order valence-corrected chi connectivity index (χ2v) is 12.6. The molecule has 5 rings (SSSR count). The number of H-pyrrole nitrogens is 1. The fourth-order valence-corrected chi connectivity index (χ4v) is 6.16. The van der Waals surface area contributed by atoms with Crippen molar-refractivity contribution in [3.8, 4) is 5.75 Å². The monoisotopic (exact) mass is 633 g/mol. The number of methoxy groups -OCH3 is 1. The van der Waals surface area contributed by atoms with E-state index in [2.05, 4.69) is 20.0 Å². The molecule has 1 saturated carbocycles. The van der Waals surface area contributed by atoms with Crippen molar-refractivity contribution < 1.29 is 37.0 Å². The summed E-state index contributed by atoms with van der Waals surface area (Å²) in [6, 6.07) is 4.98. The lowest BCUT2D eigenvalue weighted by Crippen LogP contribution is -2.40. The first kappa shape index (κ1) is 32.3. The summed E-state index contributed by atoms with van der Waals surface area (Å²) in [5.74, 6) is -0.746. The molecule has 1 aliphatic carbocycles. The van der Waals surface area contributed by atoms with E-state index in [-0.39, 0.29) is 42.2 Å². The van der Waals surface area contributed by atoms with Crippen LogP contribution in [0.25, 0.3) is 11.2 Å². The number of piperidine rings is 1. The Morgan fingerprint density at radius 2 is 1.71 bits per heavy atom. The maximum Gasteiger partial charge on any atom is 0.573 e. The number of carbonyl (C=O) groups excluding carboxylic acids is 2. The smallest absolute Gasteiger partial charge is 0.444 e. The highest BCUT2D eigenvalue weighted by molar-refractivity contribution is 6.03. The van der Waals surface area contributed by atoms with Crippen LogP contribution in [0, 0.1) is 0 Å². The number of fused-ring (bicyclic) bond motifs is 1. The predicted octanol–water partition coefficient (Wildman–Crippen LogP) is 6.12. The molecule has 14 heteroatoms. The minimum atomic E-state index is -4.96. The van der Waals surface area contributed by atoms with Crippen molar-refractivity contribution in [3.05, 3.63) is 52.1 Å². The molecule has 2 aliphatic rings. The maximum absolute atomic E-state index is 13.6. The average Bonchev–Trinajstić information content (AvgIpc) is 3.30. The zero-order chi connectivity index (χ0) is 32.5. The molecule has 244 valence electrons. The van der Waals surface area contributed by atoms with E-state index < -0.39 is 29.7 Å². The lowest BCUT2D eigenvalue weighted by Gasteiger charge is -2.33. The van der Waals surface area contributed by atoms with E-state index in [0.29, 0.717) is 24.4 Å². The highest BCUT2D eigenvalue weighted by atomic mass is 19.4. The van der Waals surface area contributed by atoms with Crippen molar-refractivity contribution in [3.63, 3.8) is 0 Å². The van der Waals surface area contributed by atoms with Gasteiger partial charge in [-0.1, -0.05) is 0 Å². The SMILES string of the molecule is COC1CCC(c2cnc3[nH]c(=O)n(C4CCN(C(=O)c5ccc(OC(F)(F)F)cc5NC(=O)OC(C)(C)C)CC4)c3c2)CC1. The second-order valence-electron chi connectivity index (χ2n) is 12.6. The predicted molar refractivity (Wildman–Crippen MR) is 160 cm³/mol. The highest BCUT2D eigenvalue weighted by Crippen LogP contribution is 2.35. The number of aromatic nitrogens is 3. The molecule has 0 radical (unpaired) electrons. The molecule has 1 saturated heterocycles. The van der Waals surface area contributed by atoms with Gasteiger partial charge in [-0.2, -0.15) is 0 Å². The minimum Gasteiger partial charge on any atom is -0.444 e. The van der Waals surface area contributed by atoms with Crippen LogP contribution in [0.3, 0.4) is 0 Å². The number of amides is 2. The lowest BCUT2D eigenvalue weighted by atomic mass is 9.83. The molecular formula is C31H38F3N5O6. The van der Waals surface area contributed by atoms with E-state index in [0.717, 1.165) is 48.9 Å². The molecule has 2 amide bonds. The van der Waals surface area contributed by atoms with Gasteiger partial charge in [0.15, 0.2) is 5.65 Å². The van der Waals surface area contributed by atoms with Crippen LogP contribution in [0.15, 0.2) is 35.3 Å². The molecule has 45 heavy (non-hydrogen) atoms. The molecule has 0 unspecified atom stereocenters. The zero-order valence-corrected chi connectivity index (χ0v) is 25.7. The Morgan fingerprint density at radius 3 is 2.33 bits per heavy atom. The van der Waals surface area contributed by atoms with Crippen LogP contribution in [0.5, 0.6) is 5.75 Å². The van der Waals surface area contributed by atoms with Crippen LogP contribution in [0.1, 0.15) is 87.2 Å². The molecule has 0 bridgehead atoms. The number of pyridine rings is 1. The molecule has 3 aromatic rings. The summed E-state index contributed by atoms with van der Waals surface area (Å²) in [5.41, 5.74) is 0.967. The molecule has 1 aliphatic heterocycles. The van der Waals surface area contributed by atoms with Crippen LogP contribution >= 0.6 is 0 Å². The minimum absolute atomic E-state index is 0.0184. The number of anilines is 1. The molecule has 2 aromatic heterocycles. The first-order valence-electron chi connectivity index (χ1n) is 15.0. The zero-order valence-electron chi connectivity index (χ0n) is 25.7. The average molecular weight is 634 g/mol. The summed E-state index contributed by atoms with van der Waals surface area (Å²) in [4.78, 5) is 48.1. The molecule has 0 spiro atoms. The number of nitrogens with zero attached hydrogens (tertiary/aromatic N) is 3. The van der Waals surface area contributed by atoms with E-state index in [9.17, 15) is 27.6 Å². The standard InChI is InChI=1S/C31H38F3N5O6/c1-30(2,3)45-29(42)36-24-16-22(44-31(32,33)34)9-10-23(24)27(40)38-13-11-20(12-14-38)39-25-15-19(17-35-26(25)37-28(39)41)18-5-7-21(43-4)8-6-18/h9-10,15-18,20-21H,5-8,11-14H2,1-4H3,(H,36,42)(H,35,37,41). The maximum atomic E-state index is 13.6. The van der Waals surface area contributed by atoms with Crippen molar-refractivity contribution in [2.45, 2.75) is 89.3 Å². The van der Waals surface area contributed by atoms with E-state index in [1.807, 2.05) is 12.3 Å². The number of nitrogens with one attached hydrogen (secondary N) is 2. The quantitative estimate of drug-likeness (QED) is 0.335. The number of alkyl halides is 3. The second kappa shape index (κ2) is 12.7. The fraction of sp³-hybridized carbons (Fsp3) is 0.548. The van der Waals surface area contributed by atoms with Crippen molar-refractivity contribution in [1.29, 1.82) is 0 Å². The van der Waals surface area contributed by atoms with E-state index >= 15 is 0 Å². The lowest BCUT2D eigenvalue weighted by molar-refractivity contribution is -0.274.